The van der Waals surface area contributed by atoms with E-state index in [2.05, 4.69) is 20.4 Å². The monoisotopic (exact) mass is 614 g/mol. The lowest BCUT2D eigenvalue weighted by atomic mass is 9.74. The number of fused-ring (bicyclic) bond motifs is 1. The van der Waals surface area contributed by atoms with Gasteiger partial charge < -0.3 is 11.1 Å². The van der Waals surface area contributed by atoms with Crippen LogP contribution in [0.2, 0.25) is 0 Å². The van der Waals surface area contributed by atoms with Gasteiger partial charge in [0.1, 0.15) is 11.4 Å². The molecule has 0 spiro atoms. The predicted molar refractivity (Wildman–Crippen MR) is 138 cm³/mol. The van der Waals surface area contributed by atoms with E-state index in [9.17, 15) is 40.3 Å². The van der Waals surface area contributed by atoms with Crippen molar-refractivity contribution in [2.45, 2.75) is 81.9 Å². The maximum atomic E-state index is 14.1. The van der Waals surface area contributed by atoms with Crippen molar-refractivity contribution in [3.8, 4) is 0 Å². The first-order valence-corrected chi connectivity index (χ1v) is 13.9. The van der Waals surface area contributed by atoms with E-state index in [1.54, 1.807) is 6.07 Å². The van der Waals surface area contributed by atoms with Crippen LogP contribution in [0.5, 0.6) is 0 Å². The number of nitrogens with two attached hydrogens (primary N) is 1. The summed E-state index contributed by atoms with van der Waals surface area (Å²) in [4.78, 5) is 33.1. The molecule has 3 N–H and O–H groups in total. The third kappa shape index (κ3) is 7.24. The lowest BCUT2D eigenvalue weighted by Crippen LogP contribution is -2.30. The normalized spacial score (nSPS) is 19.0. The molecular weight excluding hydrogens is 585 g/mol. The van der Waals surface area contributed by atoms with Gasteiger partial charge in [-0.1, -0.05) is 6.07 Å². The standard InChI is InChI=1S/C28H29F7N6O2/c29-25(30)18-4-3-17(24(39-18)26(36)43)22(14-5-8-27(31,32)9-6-14)19-13-41-20(38-19)11-16(12-37-41)23(15-1-2-15)40-21(42)7-10-28(33,34)35/h3-4,11-15,22-23,25H,1-2,5-10H2,(H2,36,43)(H,40,42)/t22-,23+/m0/s1. The molecule has 0 saturated heterocycles. The van der Waals surface area contributed by atoms with Crippen molar-refractivity contribution in [1.29, 1.82) is 0 Å². The number of pyridine rings is 1. The number of rotatable bonds is 10. The van der Waals surface area contributed by atoms with Gasteiger partial charge >= 0.3 is 6.18 Å². The van der Waals surface area contributed by atoms with Crippen LogP contribution < -0.4 is 11.1 Å². The van der Waals surface area contributed by atoms with Crippen molar-refractivity contribution in [2.24, 2.45) is 17.6 Å². The fourth-order valence-corrected chi connectivity index (χ4v) is 5.74. The van der Waals surface area contributed by atoms with Crippen molar-refractivity contribution < 1.29 is 40.3 Å². The minimum Gasteiger partial charge on any atom is -0.364 e. The minimum atomic E-state index is -4.46. The second-order valence-corrected chi connectivity index (χ2v) is 11.3. The van der Waals surface area contributed by atoms with Gasteiger partial charge in [0.05, 0.1) is 30.6 Å². The van der Waals surface area contributed by atoms with Gasteiger partial charge in [-0.15, -0.1) is 0 Å². The summed E-state index contributed by atoms with van der Waals surface area (Å²) in [6.45, 7) is 0. The maximum Gasteiger partial charge on any atom is 0.389 e. The zero-order valence-electron chi connectivity index (χ0n) is 22.8. The number of carbonyl (C=O) groups is 2. The first-order chi connectivity index (χ1) is 20.2. The van der Waals surface area contributed by atoms with Crippen molar-refractivity contribution in [2.75, 3.05) is 0 Å². The molecule has 2 atom stereocenters. The van der Waals surface area contributed by atoms with E-state index in [-0.39, 0.29) is 24.3 Å². The molecule has 5 rings (SSSR count). The molecule has 2 aliphatic carbocycles. The molecule has 232 valence electrons. The number of alkyl halides is 7. The van der Waals surface area contributed by atoms with Gasteiger partial charge in [0.25, 0.3) is 12.3 Å². The first kappa shape index (κ1) is 30.7. The average molecular weight is 615 g/mol. The highest BCUT2D eigenvalue weighted by atomic mass is 19.4. The number of nitrogens with zero attached hydrogens (tertiary/aromatic N) is 4. The Morgan fingerprint density at radius 3 is 2.35 bits per heavy atom. The van der Waals surface area contributed by atoms with E-state index in [0.29, 0.717) is 16.9 Å². The number of primary amides is 1. The summed E-state index contributed by atoms with van der Waals surface area (Å²) in [5.74, 6) is -5.89. The molecule has 2 amide bonds. The fraction of sp³-hybridized carbons (Fsp3) is 0.536. The molecule has 2 fully saturated rings. The van der Waals surface area contributed by atoms with Crippen LogP contribution in [0.25, 0.3) is 5.65 Å². The molecule has 0 unspecified atom stereocenters. The lowest BCUT2D eigenvalue weighted by molar-refractivity contribution is -0.144. The summed E-state index contributed by atoms with van der Waals surface area (Å²) >= 11 is 0. The Labute approximate surface area is 241 Å². The predicted octanol–water partition coefficient (Wildman–Crippen LogP) is 6.03. The average Bonchev–Trinajstić information content (AvgIpc) is 3.69. The van der Waals surface area contributed by atoms with Crippen LogP contribution in [0.1, 0.15) is 103 Å². The molecule has 43 heavy (non-hydrogen) atoms. The maximum absolute atomic E-state index is 14.1. The van der Waals surface area contributed by atoms with Crippen LogP contribution >= 0.6 is 0 Å². The summed E-state index contributed by atoms with van der Waals surface area (Å²) in [7, 11) is 0. The van der Waals surface area contributed by atoms with Gasteiger partial charge in [0, 0.05) is 25.2 Å². The number of carbonyl (C=O) groups excluding carboxylic acids is 2. The molecule has 3 heterocycles. The zero-order valence-corrected chi connectivity index (χ0v) is 22.8. The van der Waals surface area contributed by atoms with Gasteiger partial charge in [-0.2, -0.15) is 18.3 Å². The summed E-state index contributed by atoms with van der Waals surface area (Å²) < 4.78 is 94.1. The highest BCUT2D eigenvalue weighted by molar-refractivity contribution is 5.92. The van der Waals surface area contributed by atoms with Crippen molar-refractivity contribution in [3.63, 3.8) is 0 Å². The van der Waals surface area contributed by atoms with Gasteiger partial charge in [-0.05, 0) is 60.8 Å². The van der Waals surface area contributed by atoms with E-state index in [0.717, 1.165) is 18.9 Å². The van der Waals surface area contributed by atoms with Gasteiger partial charge in [0.2, 0.25) is 11.8 Å². The molecule has 3 aromatic heterocycles. The molecule has 8 nitrogen and oxygen atoms in total. The Morgan fingerprint density at radius 2 is 1.74 bits per heavy atom. The van der Waals surface area contributed by atoms with Crippen molar-refractivity contribution in [3.05, 3.63) is 58.8 Å². The Balaban J connectivity index is 1.50. The summed E-state index contributed by atoms with van der Waals surface area (Å²) in [6.07, 6.45) is -5.54. The highest BCUT2D eigenvalue weighted by Crippen LogP contribution is 2.46. The number of halogens is 7. The van der Waals surface area contributed by atoms with E-state index in [4.69, 9.17) is 5.73 Å². The summed E-state index contributed by atoms with van der Waals surface area (Å²) in [5.41, 5.74) is 5.80. The minimum absolute atomic E-state index is 0.0164. The van der Waals surface area contributed by atoms with E-state index >= 15 is 0 Å². The molecule has 0 aliphatic heterocycles. The van der Waals surface area contributed by atoms with Crippen LogP contribution in [0.15, 0.2) is 30.6 Å². The zero-order chi connectivity index (χ0) is 31.1. The Kier molecular flexibility index (Phi) is 8.36. The second kappa shape index (κ2) is 11.7. The molecule has 0 bridgehead atoms. The summed E-state index contributed by atoms with van der Waals surface area (Å²) in [6, 6.07) is 3.41. The van der Waals surface area contributed by atoms with E-state index in [1.807, 2.05) is 0 Å². The fourth-order valence-electron chi connectivity index (χ4n) is 5.74. The van der Waals surface area contributed by atoms with E-state index in [1.165, 1.54) is 23.0 Å². The highest BCUT2D eigenvalue weighted by Gasteiger charge is 2.41. The largest absolute Gasteiger partial charge is 0.389 e. The van der Waals surface area contributed by atoms with Crippen LogP contribution in [-0.4, -0.2) is 43.5 Å². The van der Waals surface area contributed by atoms with Crippen LogP contribution in [0, 0.1) is 11.8 Å². The van der Waals surface area contributed by atoms with Crippen LogP contribution in [0.4, 0.5) is 30.7 Å². The first-order valence-electron chi connectivity index (χ1n) is 13.9. The SMILES string of the molecule is NC(=O)c1nc(C(F)F)ccc1[C@@H](c1cn2ncc([C@H](NC(=O)CCC(F)(F)F)C3CC3)cc2n1)C1CCC(F)(F)CC1. The Bertz CT molecular complexity index is 1490. The lowest BCUT2D eigenvalue weighted by Gasteiger charge is -2.33. The smallest absolute Gasteiger partial charge is 0.364 e. The number of hydrogen-bond acceptors (Lipinski definition) is 5. The van der Waals surface area contributed by atoms with E-state index < -0.39 is 85.3 Å². The van der Waals surface area contributed by atoms with Crippen molar-refractivity contribution >= 4 is 17.5 Å². The number of aromatic nitrogens is 4. The van der Waals surface area contributed by atoms with Gasteiger partial charge in [-0.25, -0.2) is 32.0 Å². The number of hydrogen-bond donors (Lipinski definition) is 2. The Morgan fingerprint density at radius 1 is 1.05 bits per heavy atom. The molecule has 15 heteroatoms. The van der Waals surface area contributed by atoms with Crippen LogP contribution in [-0.2, 0) is 4.79 Å². The topological polar surface area (TPSA) is 115 Å². The van der Waals surface area contributed by atoms with Crippen LogP contribution in [0.3, 0.4) is 0 Å². The molecule has 0 aromatic carbocycles. The third-order valence-corrected chi connectivity index (χ3v) is 8.06. The third-order valence-electron chi connectivity index (χ3n) is 8.06. The molecular formula is C28H29F7N6O2. The molecule has 2 saturated carbocycles. The second-order valence-electron chi connectivity index (χ2n) is 11.3. The van der Waals surface area contributed by atoms with Gasteiger partial charge in [0.15, 0.2) is 5.65 Å². The number of nitrogens with one attached hydrogen (secondary N) is 1. The quantitative estimate of drug-likeness (QED) is 0.271. The number of imidazole rings is 1. The molecule has 0 radical (unpaired) electrons. The molecule has 2 aliphatic rings. The molecule has 3 aromatic rings. The Hall–Kier alpha value is -3.78. The van der Waals surface area contributed by atoms with Gasteiger partial charge in [-0.3, -0.25) is 9.59 Å². The van der Waals surface area contributed by atoms with Crippen molar-refractivity contribution in [1.82, 2.24) is 24.9 Å². The number of amides is 2. The summed E-state index contributed by atoms with van der Waals surface area (Å²) in [5, 5.41) is 7.03.